The number of carbonyl (C=O) groups is 1. The van der Waals surface area contributed by atoms with Crippen LogP contribution in [0.5, 0.6) is 0 Å². The minimum atomic E-state index is 0.0391. The van der Waals surface area contributed by atoms with Gasteiger partial charge in [0.1, 0.15) is 0 Å². The Morgan fingerprint density at radius 2 is 1.57 bits per heavy atom. The molecular formula is C18H22N2O. The molecular weight excluding hydrogens is 260 g/mol. The fraction of sp³-hybridized carbons (Fsp3) is 0.278. The molecule has 2 rings (SSSR count). The SMILES string of the molecule is CCN(C(=O)c1c(C)cc(C)cc1C)c1ccc(N)cc1. The average Bonchev–Trinajstić information content (AvgIpc) is 2.40. The highest BCUT2D eigenvalue weighted by Gasteiger charge is 2.20. The van der Waals surface area contributed by atoms with Crippen LogP contribution in [0.3, 0.4) is 0 Å². The maximum Gasteiger partial charge on any atom is 0.258 e. The summed E-state index contributed by atoms with van der Waals surface area (Å²) in [6.07, 6.45) is 0. The van der Waals surface area contributed by atoms with Crippen molar-refractivity contribution < 1.29 is 4.79 Å². The van der Waals surface area contributed by atoms with Crippen LogP contribution in [0.4, 0.5) is 11.4 Å². The van der Waals surface area contributed by atoms with Crippen molar-refractivity contribution in [1.82, 2.24) is 0 Å². The summed E-state index contributed by atoms with van der Waals surface area (Å²) in [6.45, 7) is 8.63. The lowest BCUT2D eigenvalue weighted by Crippen LogP contribution is -2.31. The zero-order chi connectivity index (χ0) is 15.6. The van der Waals surface area contributed by atoms with Gasteiger partial charge in [-0.1, -0.05) is 17.7 Å². The summed E-state index contributed by atoms with van der Waals surface area (Å²) in [5, 5.41) is 0. The molecule has 0 unspecified atom stereocenters. The predicted octanol–water partition coefficient (Wildman–Crippen LogP) is 3.86. The molecule has 0 aromatic heterocycles. The van der Waals surface area contributed by atoms with Crippen LogP contribution in [0.25, 0.3) is 0 Å². The van der Waals surface area contributed by atoms with E-state index in [-0.39, 0.29) is 5.91 Å². The van der Waals surface area contributed by atoms with Crippen molar-refractivity contribution in [3.8, 4) is 0 Å². The number of benzene rings is 2. The number of rotatable bonds is 3. The first-order valence-electron chi connectivity index (χ1n) is 7.19. The zero-order valence-electron chi connectivity index (χ0n) is 13.1. The van der Waals surface area contributed by atoms with E-state index < -0.39 is 0 Å². The minimum Gasteiger partial charge on any atom is -0.399 e. The molecule has 0 heterocycles. The number of nitrogens with two attached hydrogens (primary N) is 1. The van der Waals surface area contributed by atoms with E-state index in [9.17, 15) is 4.79 Å². The highest BCUT2D eigenvalue weighted by atomic mass is 16.2. The van der Waals surface area contributed by atoms with Crippen molar-refractivity contribution in [2.75, 3.05) is 17.2 Å². The maximum absolute atomic E-state index is 12.9. The maximum atomic E-state index is 12.9. The predicted molar refractivity (Wildman–Crippen MR) is 88.9 cm³/mol. The molecule has 3 heteroatoms. The molecule has 0 saturated heterocycles. The van der Waals surface area contributed by atoms with Crippen LogP contribution in [-0.4, -0.2) is 12.5 Å². The molecule has 0 fully saturated rings. The molecule has 2 N–H and O–H groups in total. The third-order valence-electron chi connectivity index (χ3n) is 3.66. The molecule has 2 aromatic carbocycles. The van der Waals surface area contributed by atoms with Gasteiger partial charge in [0, 0.05) is 23.5 Å². The lowest BCUT2D eigenvalue weighted by atomic mass is 9.98. The van der Waals surface area contributed by atoms with Crippen molar-refractivity contribution in [3.63, 3.8) is 0 Å². The number of hydrogen-bond donors (Lipinski definition) is 1. The van der Waals surface area contributed by atoms with Crippen molar-refractivity contribution in [1.29, 1.82) is 0 Å². The van der Waals surface area contributed by atoms with E-state index in [2.05, 4.69) is 12.1 Å². The van der Waals surface area contributed by atoms with Gasteiger partial charge < -0.3 is 10.6 Å². The molecule has 0 spiro atoms. The van der Waals surface area contributed by atoms with E-state index in [1.807, 2.05) is 52.0 Å². The largest absolute Gasteiger partial charge is 0.399 e. The molecule has 1 amide bonds. The van der Waals surface area contributed by atoms with Crippen LogP contribution >= 0.6 is 0 Å². The summed E-state index contributed by atoms with van der Waals surface area (Å²) < 4.78 is 0. The lowest BCUT2D eigenvalue weighted by molar-refractivity contribution is 0.0987. The Bertz CT molecular complexity index is 636. The molecule has 2 aromatic rings. The molecule has 0 radical (unpaired) electrons. The second-order valence-corrected chi connectivity index (χ2v) is 5.41. The van der Waals surface area contributed by atoms with Gasteiger partial charge in [0.25, 0.3) is 5.91 Å². The number of nitrogen functional groups attached to an aromatic ring is 1. The van der Waals surface area contributed by atoms with Crippen LogP contribution < -0.4 is 10.6 Å². The first-order chi connectivity index (χ1) is 9.93. The number of hydrogen-bond acceptors (Lipinski definition) is 2. The topological polar surface area (TPSA) is 46.3 Å². The Morgan fingerprint density at radius 3 is 2.05 bits per heavy atom. The quantitative estimate of drug-likeness (QED) is 0.869. The van der Waals surface area contributed by atoms with E-state index in [1.54, 1.807) is 4.90 Å². The van der Waals surface area contributed by atoms with Gasteiger partial charge in [0.05, 0.1) is 0 Å². The first-order valence-corrected chi connectivity index (χ1v) is 7.19. The minimum absolute atomic E-state index is 0.0391. The molecule has 0 saturated carbocycles. The molecule has 0 aliphatic heterocycles. The Balaban J connectivity index is 2.44. The van der Waals surface area contributed by atoms with Crippen molar-refractivity contribution >= 4 is 17.3 Å². The summed E-state index contributed by atoms with van der Waals surface area (Å²) >= 11 is 0. The Kier molecular flexibility index (Phi) is 4.32. The van der Waals surface area contributed by atoms with Gasteiger partial charge in [0.15, 0.2) is 0 Å². The Hall–Kier alpha value is -2.29. The number of anilines is 2. The molecule has 3 nitrogen and oxygen atoms in total. The van der Waals surface area contributed by atoms with Crippen molar-refractivity contribution in [2.24, 2.45) is 0 Å². The standard InChI is InChI=1S/C18H22N2O/c1-5-20(16-8-6-15(19)7-9-16)18(21)17-13(3)10-12(2)11-14(17)4/h6-11H,5,19H2,1-4H3. The Labute approximate surface area is 126 Å². The van der Waals surface area contributed by atoms with Crippen LogP contribution in [0, 0.1) is 20.8 Å². The molecule has 110 valence electrons. The molecule has 0 bridgehead atoms. The van der Waals surface area contributed by atoms with E-state index in [0.717, 1.165) is 22.4 Å². The second kappa shape index (κ2) is 6.00. The summed E-state index contributed by atoms with van der Waals surface area (Å²) in [7, 11) is 0. The van der Waals surface area contributed by atoms with Gasteiger partial charge in [-0.3, -0.25) is 4.79 Å². The third kappa shape index (κ3) is 3.07. The van der Waals surface area contributed by atoms with E-state index >= 15 is 0 Å². The van der Waals surface area contributed by atoms with E-state index in [4.69, 9.17) is 5.73 Å². The van der Waals surface area contributed by atoms with Crippen LogP contribution in [0.2, 0.25) is 0 Å². The fourth-order valence-electron chi connectivity index (χ4n) is 2.75. The molecule has 0 atom stereocenters. The lowest BCUT2D eigenvalue weighted by Gasteiger charge is -2.23. The first kappa shape index (κ1) is 15.1. The fourth-order valence-corrected chi connectivity index (χ4v) is 2.75. The van der Waals surface area contributed by atoms with Crippen molar-refractivity contribution in [3.05, 3.63) is 58.7 Å². The molecule has 21 heavy (non-hydrogen) atoms. The summed E-state index contributed by atoms with van der Waals surface area (Å²) in [6, 6.07) is 11.5. The van der Waals surface area contributed by atoms with Gasteiger partial charge >= 0.3 is 0 Å². The second-order valence-electron chi connectivity index (χ2n) is 5.41. The number of carbonyl (C=O) groups excluding carboxylic acids is 1. The van der Waals surface area contributed by atoms with Gasteiger partial charge in [-0.2, -0.15) is 0 Å². The number of nitrogens with zero attached hydrogens (tertiary/aromatic N) is 1. The summed E-state index contributed by atoms with van der Waals surface area (Å²) in [5.74, 6) is 0.0391. The highest BCUT2D eigenvalue weighted by Crippen LogP contribution is 2.23. The third-order valence-corrected chi connectivity index (χ3v) is 3.66. The molecule has 0 aliphatic rings. The summed E-state index contributed by atoms with van der Waals surface area (Å²) in [5.41, 5.74) is 11.3. The van der Waals surface area contributed by atoms with Crippen LogP contribution in [0.15, 0.2) is 36.4 Å². The number of aryl methyl sites for hydroxylation is 3. The number of amides is 1. The zero-order valence-corrected chi connectivity index (χ0v) is 13.1. The monoisotopic (exact) mass is 282 g/mol. The molecule has 0 aliphatic carbocycles. The van der Waals surface area contributed by atoms with Gasteiger partial charge in [-0.15, -0.1) is 0 Å². The average molecular weight is 282 g/mol. The highest BCUT2D eigenvalue weighted by molar-refractivity contribution is 6.08. The van der Waals surface area contributed by atoms with Crippen LogP contribution in [-0.2, 0) is 0 Å². The van der Waals surface area contributed by atoms with E-state index in [1.165, 1.54) is 5.56 Å². The van der Waals surface area contributed by atoms with Gasteiger partial charge in [-0.05, 0) is 63.1 Å². The normalized spacial score (nSPS) is 10.5. The Morgan fingerprint density at radius 1 is 1.05 bits per heavy atom. The smallest absolute Gasteiger partial charge is 0.258 e. The van der Waals surface area contributed by atoms with E-state index in [0.29, 0.717) is 12.2 Å². The van der Waals surface area contributed by atoms with Crippen LogP contribution in [0.1, 0.15) is 34.0 Å². The van der Waals surface area contributed by atoms with Gasteiger partial charge in [-0.25, -0.2) is 0 Å². The summed E-state index contributed by atoms with van der Waals surface area (Å²) in [4.78, 5) is 14.7. The van der Waals surface area contributed by atoms with Crippen molar-refractivity contribution in [2.45, 2.75) is 27.7 Å². The van der Waals surface area contributed by atoms with Gasteiger partial charge in [0.2, 0.25) is 0 Å².